The third-order valence-electron chi connectivity index (χ3n) is 4.81. The predicted octanol–water partition coefficient (Wildman–Crippen LogP) is 4.16. The largest absolute Gasteiger partial charge is 0.497 e. The SMILES string of the molecule is COc1ccc(-c2ocnc2C(=O)N[C@@H]2CCCc3ccccc32)cc1. The van der Waals surface area contributed by atoms with E-state index >= 15 is 0 Å². The first-order chi connectivity index (χ1) is 12.8. The quantitative estimate of drug-likeness (QED) is 0.769. The molecule has 0 unspecified atom stereocenters. The Bertz CT molecular complexity index is 915. The van der Waals surface area contributed by atoms with Crippen molar-refractivity contribution in [1.82, 2.24) is 10.3 Å². The highest BCUT2D eigenvalue weighted by molar-refractivity contribution is 5.97. The van der Waals surface area contributed by atoms with Crippen LogP contribution >= 0.6 is 0 Å². The van der Waals surface area contributed by atoms with Crippen molar-refractivity contribution in [1.29, 1.82) is 0 Å². The Hall–Kier alpha value is -3.08. The molecule has 0 saturated heterocycles. The Balaban J connectivity index is 1.58. The number of amides is 1. The van der Waals surface area contributed by atoms with Crippen molar-refractivity contribution in [3.63, 3.8) is 0 Å². The number of nitrogens with zero attached hydrogens (tertiary/aromatic N) is 1. The number of rotatable bonds is 4. The molecule has 1 aliphatic rings. The molecular formula is C21H20N2O3. The molecule has 132 valence electrons. The van der Waals surface area contributed by atoms with Crippen LogP contribution in [-0.2, 0) is 6.42 Å². The molecule has 0 bridgehead atoms. The second-order valence-corrected chi connectivity index (χ2v) is 6.38. The number of fused-ring (bicyclic) bond motifs is 1. The van der Waals surface area contributed by atoms with Gasteiger partial charge in [0.25, 0.3) is 5.91 Å². The molecule has 3 aromatic rings. The van der Waals surface area contributed by atoms with Gasteiger partial charge in [-0.15, -0.1) is 0 Å². The van der Waals surface area contributed by atoms with E-state index in [0.717, 1.165) is 30.6 Å². The van der Waals surface area contributed by atoms with Gasteiger partial charge in [-0.05, 0) is 54.7 Å². The molecule has 4 rings (SSSR count). The molecule has 0 fully saturated rings. The molecule has 2 aromatic carbocycles. The van der Waals surface area contributed by atoms with Crippen molar-refractivity contribution >= 4 is 5.91 Å². The Morgan fingerprint density at radius 3 is 2.81 bits per heavy atom. The highest BCUT2D eigenvalue weighted by Gasteiger charge is 2.25. The zero-order valence-electron chi connectivity index (χ0n) is 14.6. The minimum atomic E-state index is -0.216. The maximum Gasteiger partial charge on any atom is 0.274 e. The van der Waals surface area contributed by atoms with Crippen LogP contribution in [0.2, 0.25) is 0 Å². The third-order valence-corrected chi connectivity index (χ3v) is 4.81. The Morgan fingerprint density at radius 1 is 1.19 bits per heavy atom. The number of hydrogen-bond acceptors (Lipinski definition) is 4. The van der Waals surface area contributed by atoms with Gasteiger partial charge < -0.3 is 14.5 Å². The van der Waals surface area contributed by atoms with E-state index in [1.165, 1.54) is 17.5 Å². The molecule has 0 aliphatic heterocycles. The van der Waals surface area contributed by atoms with Crippen LogP contribution in [0.15, 0.2) is 59.3 Å². The molecule has 5 nitrogen and oxygen atoms in total. The van der Waals surface area contributed by atoms with E-state index in [1.807, 2.05) is 36.4 Å². The fourth-order valence-electron chi connectivity index (χ4n) is 3.49. The number of hydrogen-bond donors (Lipinski definition) is 1. The maximum absolute atomic E-state index is 12.8. The summed E-state index contributed by atoms with van der Waals surface area (Å²) in [7, 11) is 1.62. The number of oxazole rings is 1. The van der Waals surface area contributed by atoms with E-state index in [2.05, 4.69) is 22.4 Å². The summed E-state index contributed by atoms with van der Waals surface area (Å²) in [6.45, 7) is 0. The fourth-order valence-corrected chi connectivity index (χ4v) is 3.49. The summed E-state index contributed by atoms with van der Waals surface area (Å²) < 4.78 is 10.7. The Labute approximate surface area is 152 Å². The molecule has 1 N–H and O–H groups in total. The average molecular weight is 348 g/mol. The van der Waals surface area contributed by atoms with Gasteiger partial charge in [-0.2, -0.15) is 0 Å². The first-order valence-electron chi connectivity index (χ1n) is 8.73. The van der Waals surface area contributed by atoms with Crippen molar-refractivity contribution in [3.8, 4) is 17.1 Å². The van der Waals surface area contributed by atoms with Crippen molar-refractivity contribution < 1.29 is 13.9 Å². The molecule has 0 spiro atoms. The number of aryl methyl sites for hydroxylation is 1. The van der Waals surface area contributed by atoms with Gasteiger partial charge in [0, 0.05) is 5.56 Å². The van der Waals surface area contributed by atoms with E-state index < -0.39 is 0 Å². The standard InChI is InChI=1S/C21H20N2O3/c1-25-16-11-9-15(10-12-16)20-19(22-13-26-20)21(24)23-18-8-4-6-14-5-2-3-7-17(14)18/h2-3,5,7,9-13,18H,4,6,8H2,1H3,(H,23,24)/t18-/m1/s1. The van der Waals surface area contributed by atoms with Crippen molar-refractivity contribution in [2.24, 2.45) is 0 Å². The molecular weight excluding hydrogens is 328 g/mol. The average Bonchev–Trinajstić information content (AvgIpc) is 3.18. The number of benzene rings is 2. The van der Waals surface area contributed by atoms with E-state index in [9.17, 15) is 4.79 Å². The van der Waals surface area contributed by atoms with Crippen LogP contribution in [0.4, 0.5) is 0 Å². The first-order valence-corrected chi connectivity index (χ1v) is 8.73. The van der Waals surface area contributed by atoms with E-state index in [4.69, 9.17) is 9.15 Å². The van der Waals surface area contributed by atoms with E-state index in [1.54, 1.807) is 7.11 Å². The third kappa shape index (κ3) is 3.08. The summed E-state index contributed by atoms with van der Waals surface area (Å²) in [5.41, 5.74) is 3.59. The predicted molar refractivity (Wildman–Crippen MR) is 98.1 cm³/mol. The number of methoxy groups -OCH3 is 1. The highest BCUT2D eigenvalue weighted by Crippen LogP contribution is 2.31. The lowest BCUT2D eigenvalue weighted by atomic mass is 9.87. The lowest BCUT2D eigenvalue weighted by Crippen LogP contribution is -2.31. The number of nitrogens with one attached hydrogen (secondary N) is 1. The second-order valence-electron chi connectivity index (χ2n) is 6.38. The molecule has 0 saturated carbocycles. The van der Waals surface area contributed by atoms with Gasteiger partial charge in [0.1, 0.15) is 5.75 Å². The van der Waals surface area contributed by atoms with Crippen LogP contribution in [0.3, 0.4) is 0 Å². The number of carbonyl (C=O) groups excluding carboxylic acids is 1. The summed E-state index contributed by atoms with van der Waals surface area (Å²) in [6, 6.07) is 15.7. The molecule has 1 aromatic heterocycles. The highest BCUT2D eigenvalue weighted by atomic mass is 16.5. The minimum Gasteiger partial charge on any atom is -0.497 e. The van der Waals surface area contributed by atoms with Crippen LogP contribution < -0.4 is 10.1 Å². The van der Waals surface area contributed by atoms with Gasteiger partial charge in [0.15, 0.2) is 17.8 Å². The fraction of sp³-hybridized carbons (Fsp3) is 0.238. The second kappa shape index (κ2) is 7.04. The van der Waals surface area contributed by atoms with Gasteiger partial charge >= 0.3 is 0 Å². The Kier molecular flexibility index (Phi) is 4.44. The minimum absolute atomic E-state index is 0.00728. The van der Waals surface area contributed by atoms with Crippen molar-refractivity contribution in [3.05, 3.63) is 71.7 Å². The van der Waals surface area contributed by atoms with Gasteiger partial charge in [-0.25, -0.2) is 4.98 Å². The van der Waals surface area contributed by atoms with Gasteiger partial charge in [0.2, 0.25) is 0 Å². The van der Waals surface area contributed by atoms with Crippen molar-refractivity contribution in [2.45, 2.75) is 25.3 Å². The molecule has 0 radical (unpaired) electrons. The molecule has 1 heterocycles. The monoisotopic (exact) mass is 348 g/mol. The van der Waals surface area contributed by atoms with Gasteiger partial charge in [-0.1, -0.05) is 24.3 Å². The van der Waals surface area contributed by atoms with Crippen LogP contribution in [0.25, 0.3) is 11.3 Å². The summed E-state index contributed by atoms with van der Waals surface area (Å²) in [6.07, 6.45) is 4.36. The Morgan fingerprint density at radius 2 is 2.00 bits per heavy atom. The molecule has 1 aliphatic carbocycles. The number of aromatic nitrogens is 1. The van der Waals surface area contributed by atoms with Gasteiger partial charge in [-0.3, -0.25) is 4.79 Å². The maximum atomic E-state index is 12.8. The lowest BCUT2D eigenvalue weighted by molar-refractivity contribution is 0.0928. The molecule has 26 heavy (non-hydrogen) atoms. The van der Waals surface area contributed by atoms with Crippen molar-refractivity contribution in [2.75, 3.05) is 7.11 Å². The van der Waals surface area contributed by atoms with Crippen LogP contribution in [0.1, 0.15) is 40.5 Å². The van der Waals surface area contributed by atoms with Gasteiger partial charge in [0.05, 0.1) is 13.2 Å². The van der Waals surface area contributed by atoms with Crippen LogP contribution in [-0.4, -0.2) is 18.0 Å². The first kappa shape index (κ1) is 16.4. The lowest BCUT2D eigenvalue weighted by Gasteiger charge is -2.26. The molecule has 1 atom stereocenters. The smallest absolute Gasteiger partial charge is 0.274 e. The summed E-state index contributed by atoms with van der Waals surface area (Å²) in [5.74, 6) is 0.999. The zero-order valence-corrected chi connectivity index (χ0v) is 14.6. The molecule has 5 heteroatoms. The topological polar surface area (TPSA) is 64.4 Å². The normalized spacial score (nSPS) is 16.0. The van der Waals surface area contributed by atoms with Crippen LogP contribution in [0, 0.1) is 0 Å². The molecule has 1 amide bonds. The zero-order chi connectivity index (χ0) is 17.9. The van der Waals surface area contributed by atoms with E-state index in [0.29, 0.717) is 11.5 Å². The summed E-state index contributed by atoms with van der Waals surface area (Å²) in [4.78, 5) is 17.0. The van der Waals surface area contributed by atoms with Crippen LogP contribution in [0.5, 0.6) is 5.75 Å². The van der Waals surface area contributed by atoms with E-state index in [-0.39, 0.29) is 11.9 Å². The number of ether oxygens (including phenoxy) is 1. The summed E-state index contributed by atoms with van der Waals surface area (Å²) in [5, 5.41) is 3.12. The summed E-state index contributed by atoms with van der Waals surface area (Å²) >= 11 is 0. The number of carbonyl (C=O) groups is 1.